The molecule has 1 aromatic carbocycles. The van der Waals surface area contributed by atoms with E-state index in [4.69, 9.17) is 9.84 Å². The van der Waals surface area contributed by atoms with Crippen molar-refractivity contribution in [2.24, 2.45) is 0 Å². The zero-order chi connectivity index (χ0) is 15.4. The molecule has 1 aromatic rings. The van der Waals surface area contributed by atoms with Gasteiger partial charge in [-0.1, -0.05) is 0 Å². The van der Waals surface area contributed by atoms with E-state index in [1.54, 1.807) is 0 Å². The van der Waals surface area contributed by atoms with E-state index >= 15 is 0 Å². The highest BCUT2D eigenvalue weighted by Crippen LogP contribution is 2.16. The van der Waals surface area contributed by atoms with E-state index in [1.165, 1.54) is 6.07 Å². The molecule has 2 N–H and O–H groups in total. The van der Waals surface area contributed by atoms with Crippen LogP contribution in [0.3, 0.4) is 0 Å². The molecule has 1 aliphatic heterocycles. The predicted molar refractivity (Wildman–Crippen MR) is 72.8 cm³/mol. The second-order valence-corrected chi connectivity index (χ2v) is 5.09. The van der Waals surface area contributed by atoms with Gasteiger partial charge in [0.1, 0.15) is 11.6 Å². The third-order valence-electron chi connectivity index (χ3n) is 3.39. The van der Waals surface area contributed by atoms with Crippen LogP contribution in [0, 0.1) is 11.6 Å². The topological polar surface area (TPSA) is 61.8 Å². The van der Waals surface area contributed by atoms with Gasteiger partial charge in [-0.15, -0.1) is 0 Å². The van der Waals surface area contributed by atoms with Crippen LogP contribution in [0.5, 0.6) is 0 Å². The van der Waals surface area contributed by atoms with Crippen LogP contribution in [-0.4, -0.2) is 54.4 Å². The molecule has 0 aromatic heterocycles. The largest absolute Gasteiger partial charge is 0.394 e. The molecule has 1 heterocycles. The van der Waals surface area contributed by atoms with E-state index in [0.717, 1.165) is 12.1 Å². The zero-order valence-electron chi connectivity index (χ0n) is 11.7. The molecular formula is C14H18F2N2O3. The molecule has 2 atom stereocenters. The number of rotatable bonds is 4. The van der Waals surface area contributed by atoms with Gasteiger partial charge >= 0.3 is 0 Å². The summed E-state index contributed by atoms with van der Waals surface area (Å²) in [6.45, 7) is 2.69. The SMILES string of the molecule is CC1COC(CO)CN1CC(=O)Nc1ccc(F)cc1F. The van der Waals surface area contributed by atoms with Gasteiger partial charge in [0.25, 0.3) is 0 Å². The molecule has 2 rings (SSSR count). The molecule has 7 heteroatoms. The van der Waals surface area contributed by atoms with Crippen molar-refractivity contribution in [3.05, 3.63) is 29.8 Å². The summed E-state index contributed by atoms with van der Waals surface area (Å²) in [6.07, 6.45) is -0.323. The molecule has 1 saturated heterocycles. The van der Waals surface area contributed by atoms with Gasteiger partial charge in [0.05, 0.1) is 31.5 Å². The smallest absolute Gasteiger partial charge is 0.238 e. The molecule has 1 amide bonds. The van der Waals surface area contributed by atoms with Gasteiger partial charge in [-0.25, -0.2) is 8.78 Å². The quantitative estimate of drug-likeness (QED) is 0.870. The summed E-state index contributed by atoms with van der Waals surface area (Å²) in [6, 6.07) is 3.01. The van der Waals surface area contributed by atoms with Gasteiger partial charge in [0, 0.05) is 18.7 Å². The van der Waals surface area contributed by atoms with Crippen LogP contribution < -0.4 is 5.32 Å². The number of carbonyl (C=O) groups excluding carboxylic acids is 1. The molecule has 5 nitrogen and oxygen atoms in total. The van der Waals surface area contributed by atoms with Gasteiger partial charge in [-0.05, 0) is 19.1 Å². The molecule has 21 heavy (non-hydrogen) atoms. The number of nitrogens with zero attached hydrogens (tertiary/aromatic N) is 1. The summed E-state index contributed by atoms with van der Waals surface area (Å²) in [5.41, 5.74) is -0.0546. The minimum Gasteiger partial charge on any atom is -0.394 e. The third kappa shape index (κ3) is 4.20. The van der Waals surface area contributed by atoms with Gasteiger partial charge < -0.3 is 15.2 Å². The van der Waals surface area contributed by atoms with Gasteiger partial charge in [-0.2, -0.15) is 0 Å². The van der Waals surface area contributed by atoms with Gasteiger partial charge in [0.2, 0.25) is 5.91 Å². The number of aliphatic hydroxyl groups is 1. The first-order valence-electron chi connectivity index (χ1n) is 6.71. The predicted octanol–water partition coefficient (Wildman–Crippen LogP) is 0.985. The van der Waals surface area contributed by atoms with Crippen LogP contribution in [0.25, 0.3) is 0 Å². The summed E-state index contributed by atoms with van der Waals surface area (Å²) in [7, 11) is 0. The molecular weight excluding hydrogens is 282 g/mol. The lowest BCUT2D eigenvalue weighted by Crippen LogP contribution is -2.51. The minimum atomic E-state index is -0.813. The Hall–Kier alpha value is -1.57. The highest BCUT2D eigenvalue weighted by Gasteiger charge is 2.27. The Kier molecular flexibility index (Phi) is 5.22. The zero-order valence-corrected chi connectivity index (χ0v) is 11.7. The Morgan fingerprint density at radius 2 is 2.29 bits per heavy atom. The van der Waals surface area contributed by atoms with E-state index < -0.39 is 17.5 Å². The van der Waals surface area contributed by atoms with Crippen LogP contribution in [0.4, 0.5) is 14.5 Å². The number of aliphatic hydroxyl groups excluding tert-OH is 1. The Bertz CT molecular complexity index is 513. The average molecular weight is 300 g/mol. The number of benzene rings is 1. The van der Waals surface area contributed by atoms with Crippen molar-refractivity contribution in [2.75, 3.05) is 31.6 Å². The van der Waals surface area contributed by atoms with Gasteiger partial charge in [0.15, 0.2) is 0 Å². The lowest BCUT2D eigenvalue weighted by Gasteiger charge is -2.36. The van der Waals surface area contributed by atoms with E-state index in [2.05, 4.69) is 5.32 Å². The fourth-order valence-corrected chi connectivity index (χ4v) is 2.17. The fraction of sp³-hybridized carbons (Fsp3) is 0.500. The van der Waals surface area contributed by atoms with Gasteiger partial charge in [-0.3, -0.25) is 9.69 Å². The first-order valence-corrected chi connectivity index (χ1v) is 6.71. The minimum absolute atomic E-state index is 0.0246. The standard InChI is InChI=1S/C14H18F2N2O3/c1-9-8-21-11(7-19)5-18(9)6-14(20)17-13-3-2-10(15)4-12(13)16/h2-4,9,11,19H,5-8H2,1H3,(H,17,20). The van der Waals surface area contributed by atoms with Crippen LogP contribution in [0.2, 0.25) is 0 Å². The van der Waals surface area contributed by atoms with Crippen molar-refractivity contribution in [2.45, 2.75) is 19.1 Å². The van der Waals surface area contributed by atoms with Crippen LogP contribution in [0.15, 0.2) is 18.2 Å². The van der Waals surface area contributed by atoms with E-state index in [0.29, 0.717) is 13.2 Å². The number of nitrogens with one attached hydrogen (secondary N) is 1. The fourth-order valence-electron chi connectivity index (χ4n) is 2.17. The van der Waals surface area contributed by atoms with Crippen LogP contribution >= 0.6 is 0 Å². The number of carbonyl (C=O) groups is 1. The van der Waals surface area contributed by atoms with E-state index in [9.17, 15) is 13.6 Å². The summed E-state index contributed by atoms with van der Waals surface area (Å²) in [5, 5.41) is 11.5. The monoisotopic (exact) mass is 300 g/mol. The Morgan fingerprint density at radius 1 is 1.52 bits per heavy atom. The van der Waals surface area contributed by atoms with E-state index in [-0.39, 0.29) is 31.0 Å². The Morgan fingerprint density at radius 3 is 2.95 bits per heavy atom. The number of hydrogen-bond acceptors (Lipinski definition) is 4. The maximum Gasteiger partial charge on any atom is 0.238 e. The molecule has 0 aliphatic carbocycles. The summed E-state index contributed by atoms with van der Waals surface area (Å²) in [4.78, 5) is 13.8. The molecule has 1 aliphatic rings. The maximum absolute atomic E-state index is 13.5. The maximum atomic E-state index is 13.5. The summed E-state index contributed by atoms with van der Waals surface area (Å²) in [5.74, 6) is -1.91. The lowest BCUT2D eigenvalue weighted by atomic mass is 10.2. The molecule has 0 radical (unpaired) electrons. The highest BCUT2D eigenvalue weighted by molar-refractivity contribution is 5.92. The van der Waals surface area contributed by atoms with Crippen molar-refractivity contribution in [3.8, 4) is 0 Å². The van der Waals surface area contributed by atoms with Crippen molar-refractivity contribution < 1.29 is 23.4 Å². The van der Waals surface area contributed by atoms with Crippen molar-refractivity contribution >= 4 is 11.6 Å². The van der Waals surface area contributed by atoms with Crippen molar-refractivity contribution in [1.29, 1.82) is 0 Å². The number of morpholine rings is 1. The average Bonchev–Trinajstić information content (AvgIpc) is 2.44. The Labute approximate surface area is 121 Å². The first-order chi connectivity index (χ1) is 9.99. The second-order valence-electron chi connectivity index (χ2n) is 5.09. The number of ether oxygens (including phenoxy) is 1. The number of anilines is 1. The lowest BCUT2D eigenvalue weighted by molar-refractivity contribution is -0.122. The number of hydrogen-bond donors (Lipinski definition) is 2. The van der Waals surface area contributed by atoms with Crippen LogP contribution in [0.1, 0.15) is 6.92 Å². The Balaban J connectivity index is 1.94. The molecule has 0 saturated carbocycles. The third-order valence-corrected chi connectivity index (χ3v) is 3.39. The summed E-state index contributed by atoms with van der Waals surface area (Å²) >= 11 is 0. The van der Waals surface area contributed by atoms with Crippen molar-refractivity contribution in [1.82, 2.24) is 4.90 Å². The molecule has 2 unspecified atom stereocenters. The molecule has 1 fully saturated rings. The van der Waals surface area contributed by atoms with Crippen molar-refractivity contribution in [3.63, 3.8) is 0 Å². The molecule has 0 bridgehead atoms. The summed E-state index contributed by atoms with van der Waals surface area (Å²) < 4.78 is 31.6. The number of amides is 1. The number of halogens is 2. The van der Waals surface area contributed by atoms with E-state index in [1.807, 2.05) is 11.8 Å². The normalized spacial score (nSPS) is 23.0. The van der Waals surface area contributed by atoms with Crippen LogP contribution in [-0.2, 0) is 9.53 Å². The highest BCUT2D eigenvalue weighted by atomic mass is 19.1. The second kappa shape index (κ2) is 6.93. The first kappa shape index (κ1) is 15.8. The molecule has 0 spiro atoms. The molecule has 116 valence electrons.